The largest absolute Gasteiger partial charge is 0.379 e. The number of carbonyl (C=O) groups excluding carboxylic acids is 1. The molecule has 0 aliphatic carbocycles. The van der Waals surface area contributed by atoms with Gasteiger partial charge in [0.25, 0.3) is 0 Å². The van der Waals surface area contributed by atoms with Crippen LogP contribution in [0.15, 0.2) is 46.3 Å². The van der Waals surface area contributed by atoms with Crippen molar-refractivity contribution in [2.75, 3.05) is 39.4 Å². The molecule has 1 aromatic carbocycles. The molecule has 1 aromatic heterocycles. The monoisotopic (exact) mass is 437 g/mol. The van der Waals surface area contributed by atoms with Crippen molar-refractivity contribution in [1.29, 1.82) is 0 Å². The zero-order valence-corrected chi connectivity index (χ0v) is 17.0. The molecule has 140 valence electrons. The lowest BCUT2D eigenvalue weighted by molar-refractivity contribution is 0.0340. The van der Waals surface area contributed by atoms with Crippen LogP contribution in [0.2, 0.25) is 0 Å². The molecular formula is C19H24BrN3O2S. The molecule has 3 rings (SSSR count). The van der Waals surface area contributed by atoms with Gasteiger partial charge in [-0.1, -0.05) is 30.3 Å². The second-order valence-electron chi connectivity index (χ2n) is 6.23. The summed E-state index contributed by atoms with van der Waals surface area (Å²) in [6, 6.07) is 14.1. The minimum Gasteiger partial charge on any atom is -0.379 e. The Balaban J connectivity index is 1.53. The van der Waals surface area contributed by atoms with Crippen molar-refractivity contribution in [3.8, 4) is 0 Å². The van der Waals surface area contributed by atoms with E-state index in [0.29, 0.717) is 6.54 Å². The minimum atomic E-state index is -0.122. The summed E-state index contributed by atoms with van der Waals surface area (Å²) >= 11 is 5.16. The first-order chi connectivity index (χ1) is 12.7. The maximum absolute atomic E-state index is 12.4. The van der Waals surface area contributed by atoms with E-state index in [0.717, 1.165) is 48.6 Å². The maximum Gasteiger partial charge on any atom is 0.315 e. The Morgan fingerprint density at radius 2 is 1.96 bits per heavy atom. The van der Waals surface area contributed by atoms with Crippen molar-refractivity contribution in [2.24, 2.45) is 0 Å². The maximum atomic E-state index is 12.4. The van der Waals surface area contributed by atoms with Crippen molar-refractivity contribution >= 4 is 33.3 Å². The van der Waals surface area contributed by atoms with E-state index in [9.17, 15) is 4.79 Å². The first-order valence-electron chi connectivity index (χ1n) is 8.84. The average molecular weight is 438 g/mol. The molecule has 0 spiro atoms. The van der Waals surface area contributed by atoms with Crippen LogP contribution in [-0.2, 0) is 11.2 Å². The highest BCUT2D eigenvalue weighted by atomic mass is 79.9. The second kappa shape index (κ2) is 10.1. The predicted octanol–water partition coefficient (Wildman–Crippen LogP) is 3.43. The van der Waals surface area contributed by atoms with Crippen LogP contribution in [-0.4, -0.2) is 50.3 Å². The molecule has 2 amide bonds. The number of nitrogens with one attached hydrogen (secondary N) is 2. The summed E-state index contributed by atoms with van der Waals surface area (Å²) in [6.07, 6.45) is 0.836. The predicted molar refractivity (Wildman–Crippen MR) is 109 cm³/mol. The molecule has 2 heterocycles. The van der Waals surface area contributed by atoms with Crippen LogP contribution in [0.25, 0.3) is 0 Å². The number of hydrogen-bond donors (Lipinski definition) is 2. The van der Waals surface area contributed by atoms with E-state index < -0.39 is 0 Å². The molecule has 0 saturated carbocycles. The van der Waals surface area contributed by atoms with Gasteiger partial charge in [0.2, 0.25) is 0 Å². The molecule has 0 radical (unpaired) electrons. The number of ether oxygens (including phenoxy) is 1. The van der Waals surface area contributed by atoms with Gasteiger partial charge in [-0.05, 0) is 40.0 Å². The first kappa shape index (κ1) is 19.4. The number of benzene rings is 1. The normalized spacial score (nSPS) is 16.2. The summed E-state index contributed by atoms with van der Waals surface area (Å²) in [5, 5.41) is 6.11. The molecule has 1 aliphatic heterocycles. The summed E-state index contributed by atoms with van der Waals surface area (Å²) in [4.78, 5) is 16.0. The number of nitrogens with zero attached hydrogens (tertiary/aromatic N) is 1. The van der Waals surface area contributed by atoms with Gasteiger partial charge in [-0.25, -0.2) is 4.79 Å². The van der Waals surface area contributed by atoms with Crippen molar-refractivity contribution in [1.82, 2.24) is 15.5 Å². The third-order valence-corrected chi connectivity index (χ3v) is 6.02. The summed E-state index contributed by atoms with van der Waals surface area (Å²) in [5.41, 5.74) is 1.12. The van der Waals surface area contributed by atoms with E-state index in [1.807, 2.05) is 24.3 Å². The number of amides is 2. The number of carbonyl (C=O) groups is 1. The van der Waals surface area contributed by atoms with Gasteiger partial charge < -0.3 is 15.4 Å². The lowest BCUT2D eigenvalue weighted by Gasteiger charge is -2.31. The van der Waals surface area contributed by atoms with E-state index in [2.05, 4.69) is 49.7 Å². The smallest absolute Gasteiger partial charge is 0.315 e. The summed E-state index contributed by atoms with van der Waals surface area (Å²) in [5.74, 6) is 0. The average Bonchev–Trinajstić information content (AvgIpc) is 3.08. The highest BCUT2D eigenvalue weighted by molar-refractivity contribution is 9.11. The first-order valence-corrected chi connectivity index (χ1v) is 10.5. The molecule has 1 unspecified atom stereocenters. The van der Waals surface area contributed by atoms with Crippen LogP contribution < -0.4 is 10.6 Å². The summed E-state index contributed by atoms with van der Waals surface area (Å²) < 4.78 is 6.54. The molecule has 7 heteroatoms. The Morgan fingerprint density at radius 1 is 1.19 bits per heavy atom. The van der Waals surface area contributed by atoms with E-state index >= 15 is 0 Å². The quantitative estimate of drug-likeness (QED) is 0.697. The molecule has 2 N–H and O–H groups in total. The third-order valence-electron chi connectivity index (χ3n) is 4.34. The fourth-order valence-electron chi connectivity index (χ4n) is 2.96. The number of rotatable bonds is 7. The molecule has 0 bridgehead atoms. The molecule has 26 heavy (non-hydrogen) atoms. The van der Waals surface area contributed by atoms with Gasteiger partial charge >= 0.3 is 6.03 Å². The number of halogens is 1. The molecule has 2 aromatic rings. The summed E-state index contributed by atoms with van der Waals surface area (Å²) in [6.45, 7) is 4.73. The van der Waals surface area contributed by atoms with E-state index in [4.69, 9.17) is 4.74 Å². The van der Waals surface area contributed by atoms with E-state index in [-0.39, 0.29) is 12.1 Å². The fraction of sp³-hybridized carbons (Fsp3) is 0.421. The molecule has 5 nitrogen and oxygen atoms in total. The number of thiophene rings is 1. The highest BCUT2D eigenvalue weighted by Gasteiger charge is 2.20. The van der Waals surface area contributed by atoms with Crippen molar-refractivity contribution < 1.29 is 9.53 Å². The molecule has 1 fully saturated rings. The SMILES string of the molecule is O=C(NCCc1ccc(Br)s1)NC(CN1CCOCC1)c1ccccc1. The molecule has 1 aliphatic rings. The van der Waals surface area contributed by atoms with Gasteiger partial charge in [0.15, 0.2) is 0 Å². The Kier molecular flexibility index (Phi) is 7.49. The van der Waals surface area contributed by atoms with Gasteiger partial charge in [0.05, 0.1) is 23.0 Å². The lowest BCUT2D eigenvalue weighted by atomic mass is 10.1. The summed E-state index contributed by atoms with van der Waals surface area (Å²) in [7, 11) is 0. The molecule has 1 saturated heterocycles. The number of hydrogen-bond acceptors (Lipinski definition) is 4. The standard InChI is InChI=1S/C19H24BrN3O2S/c20-18-7-6-16(26-18)8-9-21-19(24)22-17(15-4-2-1-3-5-15)14-23-10-12-25-13-11-23/h1-7,17H,8-14H2,(H2,21,22,24). The number of urea groups is 1. The van der Waals surface area contributed by atoms with Gasteiger partial charge in [-0.15, -0.1) is 11.3 Å². The van der Waals surface area contributed by atoms with Crippen molar-refractivity contribution in [3.63, 3.8) is 0 Å². The van der Waals surface area contributed by atoms with Gasteiger partial charge in [-0.3, -0.25) is 4.90 Å². The van der Waals surface area contributed by atoms with Gasteiger partial charge in [0.1, 0.15) is 0 Å². The Labute approximate surface area is 166 Å². The van der Waals surface area contributed by atoms with Crippen LogP contribution >= 0.6 is 27.3 Å². The third kappa shape index (κ3) is 6.09. The highest BCUT2D eigenvalue weighted by Crippen LogP contribution is 2.22. The van der Waals surface area contributed by atoms with Crippen LogP contribution in [0, 0.1) is 0 Å². The van der Waals surface area contributed by atoms with Crippen LogP contribution in [0.1, 0.15) is 16.5 Å². The van der Waals surface area contributed by atoms with Crippen molar-refractivity contribution in [3.05, 3.63) is 56.7 Å². The lowest BCUT2D eigenvalue weighted by Crippen LogP contribution is -2.45. The Bertz CT molecular complexity index is 689. The Morgan fingerprint density at radius 3 is 2.65 bits per heavy atom. The van der Waals surface area contributed by atoms with E-state index in [1.165, 1.54) is 4.88 Å². The fourth-order valence-corrected chi connectivity index (χ4v) is 4.44. The van der Waals surface area contributed by atoms with Crippen LogP contribution in [0.4, 0.5) is 4.79 Å². The van der Waals surface area contributed by atoms with Crippen LogP contribution in [0.3, 0.4) is 0 Å². The zero-order chi connectivity index (χ0) is 18.2. The Hall–Kier alpha value is -1.41. The van der Waals surface area contributed by atoms with Crippen LogP contribution in [0.5, 0.6) is 0 Å². The zero-order valence-electron chi connectivity index (χ0n) is 14.6. The van der Waals surface area contributed by atoms with Gasteiger partial charge in [-0.2, -0.15) is 0 Å². The van der Waals surface area contributed by atoms with Gasteiger partial charge in [0, 0.05) is 31.1 Å². The second-order valence-corrected chi connectivity index (χ2v) is 8.78. The topological polar surface area (TPSA) is 53.6 Å². The van der Waals surface area contributed by atoms with E-state index in [1.54, 1.807) is 11.3 Å². The molecular weight excluding hydrogens is 414 g/mol. The molecule has 1 atom stereocenters. The van der Waals surface area contributed by atoms with Crippen molar-refractivity contribution in [2.45, 2.75) is 12.5 Å². The minimum absolute atomic E-state index is 0.0369. The number of morpholine rings is 1.